The first-order chi connectivity index (χ1) is 4.91. The summed E-state index contributed by atoms with van der Waals surface area (Å²) >= 11 is 4.11. The summed E-state index contributed by atoms with van der Waals surface area (Å²) in [5, 5.41) is 9.07. The van der Waals surface area contributed by atoms with E-state index in [0.717, 1.165) is 0 Å². The van der Waals surface area contributed by atoms with Gasteiger partial charge in [0, 0.05) is 0 Å². The lowest BCUT2D eigenvalue weighted by Gasteiger charge is -2.12. The third kappa shape index (κ3) is 1.59. The number of aromatic nitrogens is 1. The van der Waals surface area contributed by atoms with Gasteiger partial charge in [-0.05, 0) is 13.8 Å². The van der Waals surface area contributed by atoms with Crippen molar-refractivity contribution < 1.29 is 9.52 Å². The van der Waals surface area contributed by atoms with Gasteiger partial charge in [-0.15, -0.1) is 0 Å². The Morgan fingerprint density at radius 1 is 1.64 bits per heavy atom. The number of rotatable bonds is 1. The lowest BCUT2D eigenvalue weighted by Crippen LogP contribution is -2.06. The molecule has 0 radical (unpaired) electrons. The van der Waals surface area contributed by atoms with Gasteiger partial charge in [0.05, 0.1) is 4.75 Å². The maximum Gasteiger partial charge on any atom is 0.419 e. The average molecular weight is 175 g/mol. The van der Waals surface area contributed by atoms with Gasteiger partial charge in [0.2, 0.25) is 5.88 Å². The van der Waals surface area contributed by atoms with Crippen molar-refractivity contribution in [3.05, 3.63) is 16.3 Å². The van der Waals surface area contributed by atoms with Crippen molar-refractivity contribution in [1.29, 1.82) is 0 Å². The van der Waals surface area contributed by atoms with Gasteiger partial charge in [0.15, 0.2) is 5.76 Å². The van der Waals surface area contributed by atoms with Gasteiger partial charge < -0.3 is 9.52 Å². The molecule has 0 unspecified atom stereocenters. The lowest BCUT2D eigenvalue weighted by atomic mass is 10.1. The average Bonchev–Trinajstić information content (AvgIpc) is 2.08. The van der Waals surface area contributed by atoms with Gasteiger partial charge in [0.25, 0.3) is 0 Å². The van der Waals surface area contributed by atoms with Crippen LogP contribution in [0, 0.1) is 0 Å². The Morgan fingerprint density at radius 3 is 2.36 bits per heavy atom. The zero-order valence-corrected chi connectivity index (χ0v) is 7.11. The Bertz CT molecular complexity index is 306. The summed E-state index contributed by atoms with van der Waals surface area (Å²) in [6.07, 6.45) is 0. The highest BCUT2D eigenvalue weighted by molar-refractivity contribution is 7.81. The minimum atomic E-state index is -0.667. The Balaban J connectivity index is 3.24. The molecule has 0 spiro atoms. The first kappa shape index (κ1) is 8.26. The molecule has 0 amide bonds. The van der Waals surface area contributed by atoms with Crippen molar-refractivity contribution in [2.45, 2.75) is 18.6 Å². The second-order valence-electron chi connectivity index (χ2n) is 2.75. The van der Waals surface area contributed by atoms with Crippen LogP contribution < -0.4 is 5.76 Å². The van der Waals surface area contributed by atoms with Crippen LogP contribution in [-0.4, -0.2) is 10.1 Å². The van der Waals surface area contributed by atoms with Crippen molar-refractivity contribution in [3.63, 3.8) is 0 Å². The number of aromatic hydroxyl groups is 1. The molecule has 0 aromatic carbocycles. The third-order valence-corrected chi connectivity index (χ3v) is 1.39. The van der Waals surface area contributed by atoms with Crippen LogP contribution in [0.2, 0.25) is 0 Å². The molecule has 0 atom stereocenters. The van der Waals surface area contributed by atoms with Crippen molar-refractivity contribution in [2.75, 3.05) is 0 Å². The number of thiol groups is 1. The van der Waals surface area contributed by atoms with Gasteiger partial charge in [-0.3, -0.25) is 4.98 Å². The zero-order valence-electron chi connectivity index (χ0n) is 6.21. The summed E-state index contributed by atoms with van der Waals surface area (Å²) in [6, 6.07) is 0. The summed E-state index contributed by atoms with van der Waals surface area (Å²) in [7, 11) is 0. The van der Waals surface area contributed by atoms with Crippen LogP contribution in [0.25, 0.3) is 0 Å². The molecule has 1 aromatic rings. The number of aromatic amines is 1. The van der Waals surface area contributed by atoms with Gasteiger partial charge >= 0.3 is 5.76 Å². The maximum atomic E-state index is 10.5. The molecular weight excluding hydrogens is 166 g/mol. The normalized spacial score (nSPS) is 11.9. The number of oxazole rings is 1. The van der Waals surface area contributed by atoms with Gasteiger partial charge in [-0.1, -0.05) is 0 Å². The van der Waals surface area contributed by atoms with E-state index in [0.29, 0.717) is 0 Å². The minimum Gasteiger partial charge on any atom is -0.492 e. The summed E-state index contributed by atoms with van der Waals surface area (Å²) < 4.78 is 3.99. The smallest absolute Gasteiger partial charge is 0.419 e. The zero-order chi connectivity index (χ0) is 8.65. The Labute approximate surface area is 68.7 Å². The number of nitrogens with one attached hydrogen (secondary N) is 1. The Hall–Kier alpha value is -0.840. The fourth-order valence-corrected chi connectivity index (χ4v) is 0.886. The molecular formula is C6H9NO3S. The molecule has 0 aliphatic rings. The van der Waals surface area contributed by atoms with Gasteiger partial charge in [-0.25, -0.2) is 4.79 Å². The fourth-order valence-electron chi connectivity index (χ4n) is 0.735. The van der Waals surface area contributed by atoms with E-state index < -0.39 is 10.5 Å². The summed E-state index contributed by atoms with van der Waals surface area (Å²) in [4.78, 5) is 12.6. The van der Waals surface area contributed by atoms with E-state index in [2.05, 4.69) is 22.0 Å². The highest BCUT2D eigenvalue weighted by Crippen LogP contribution is 2.31. The molecule has 5 heteroatoms. The molecule has 11 heavy (non-hydrogen) atoms. The molecule has 4 nitrogen and oxygen atoms in total. The topological polar surface area (TPSA) is 66.2 Å². The number of hydrogen-bond acceptors (Lipinski definition) is 4. The second kappa shape index (κ2) is 2.34. The monoisotopic (exact) mass is 175 g/mol. The molecule has 0 fully saturated rings. The highest BCUT2D eigenvalue weighted by atomic mass is 32.1. The van der Waals surface area contributed by atoms with E-state index in [1.54, 1.807) is 13.8 Å². The van der Waals surface area contributed by atoms with Crippen LogP contribution in [0.15, 0.2) is 9.21 Å². The molecule has 1 heterocycles. The summed E-state index contributed by atoms with van der Waals surface area (Å²) in [5.41, 5.74) is 0. The van der Waals surface area contributed by atoms with Crippen LogP contribution in [0.3, 0.4) is 0 Å². The van der Waals surface area contributed by atoms with E-state index in [4.69, 9.17) is 5.11 Å². The van der Waals surface area contributed by atoms with E-state index in [1.165, 1.54) is 0 Å². The fraction of sp³-hybridized carbons (Fsp3) is 0.500. The van der Waals surface area contributed by atoms with E-state index >= 15 is 0 Å². The molecule has 0 bridgehead atoms. The van der Waals surface area contributed by atoms with Crippen molar-refractivity contribution >= 4 is 12.6 Å². The molecule has 0 saturated carbocycles. The lowest BCUT2D eigenvalue weighted by molar-refractivity contribution is 0.398. The highest BCUT2D eigenvalue weighted by Gasteiger charge is 2.24. The first-order valence-electron chi connectivity index (χ1n) is 3.06. The van der Waals surface area contributed by atoms with Crippen molar-refractivity contribution in [3.8, 4) is 5.88 Å². The predicted octanol–water partition coefficient (Wildman–Crippen LogP) is 0.838. The van der Waals surface area contributed by atoms with Crippen LogP contribution in [0.1, 0.15) is 19.6 Å². The molecule has 1 rings (SSSR count). The van der Waals surface area contributed by atoms with Crippen LogP contribution in [0.4, 0.5) is 0 Å². The molecule has 2 N–H and O–H groups in total. The standard InChI is InChI=1S/C6H9NO3S/c1-6(2,11)3-4(8)7-5(9)10-3/h8,11H,1-2H3,(H,7,9). The van der Waals surface area contributed by atoms with Crippen LogP contribution in [-0.2, 0) is 4.75 Å². The number of H-pyrrole nitrogens is 1. The third-order valence-electron chi connectivity index (χ3n) is 1.19. The van der Waals surface area contributed by atoms with E-state index in [-0.39, 0.29) is 11.6 Å². The summed E-state index contributed by atoms with van der Waals surface area (Å²) in [5.74, 6) is -0.763. The molecule has 0 aliphatic heterocycles. The van der Waals surface area contributed by atoms with E-state index in [1.807, 2.05) is 0 Å². The molecule has 62 valence electrons. The van der Waals surface area contributed by atoms with Crippen molar-refractivity contribution in [2.24, 2.45) is 0 Å². The summed E-state index contributed by atoms with van der Waals surface area (Å²) in [6.45, 7) is 3.42. The largest absolute Gasteiger partial charge is 0.492 e. The quantitative estimate of drug-likeness (QED) is 0.554. The maximum absolute atomic E-state index is 10.5. The first-order valence-corrected chi connectivity index (χ1v) is 3.51. The van der Waals surface area contributed by atoms with E-state index in [9.17, 15) is 4.79 Å². The Morgan fingerprint density at radius 2 is 2.18 bits per heavy atom. The number of hydrogen-bond donors (Lipinski definition) is 3. The molecule has 1 aromatic heterocycles. The van der Waals surface area contributed by atoms with Crippen molar-refractivity contribution in [1.82, 2.24) is 4.98 Å². The predicted molar refractivity (Wildman–Crippen MR) is 43.0 cm³/mol. The van der Waals surface area contributed by atoms with Gasteiger partial charge in [-0.2, -0.15) is 12.6 Å². The minimum absolute atomic E-state index is 0.158. The van der Waals surface area contributed by atoms with Gasteiger partial charge in [0.1, 0.15) is 0 Å². The van der Waals surface area contributed by atoms with Crippen LogP contribution in [0.5, 0.6) is 5.88 Å². The Kier molecular flexibility index (Phi) is 1.75. The molecule has 0 aliphatic carbocycles. The van der Waals surface area contributed by atoms with Crippen LogP contribution >= 0.6 is 12.6 Å². The second-order valence-corrected chi connectivity index (χ2v) is 3.87. The molecule has 0 saturated heterocycles. The SMILES string of the molecule is CC(C)(S)c1oc(=O)[nH]c1O.